The lowest BCUT2D eigenvalue weighted by Gasteiger charge is -2.29. The normalized spacial score (nSPS) is 15.4. The molecule has 3 aromatic rings. The van der Waals surface area contributed by atoms with Crippen LogP contribution < -0.4 is 10.2 Å². The van der Waals surface area contributed by atoms with Gasteiger partial charge in [-0.1, -0.05) is 52.5 Å². The summed E-state index contributed by atoms with van der Waals surface area (Å²) in [5.41, 5.74) is 3.37. The second-order valence-corrected chi connectivity index (χ2v) is 9.28. The zero-order chi connectivity index (χ0) is 24.0. The monoisotopic (exact) mass is 537 g/mol. The van der Waals surface area contributed by atoms with Crippen molar-refractivity contribution in [1.29, 1.82) is 0 Å². The lowest BCUT2D eigenvalue weighted by Crippen LogP contribution is -2.54. The molecule has 10 heteroatoms. The third-order valence-corrected chi connectivity index (χ3v) is 7.04. The number of hydrogen-bond donors (Lipinski definition) is 1. The number of aromatic nitrogens is 1. The van der Waals surface area contributed by atoms with Crippen LogP contribution in [0, 0.1) is 13.8 Å². The SMILES string of the molecule is Cc1cc(/C=C2\C(=O)NC(=S)N(c3cccc(Cl)c3Cl)C2=O)c(C)n1-c1ccc(Cl)c(Cl)c1. The molecule has 2 aromatic carbocycles. The number of anilines is 1. The van der Waals surface area contributed by atoms with Crippen LogP contribution in [-0.4, -0.2) is 21.5 Å². The number of aryl methyl sites for hydroxylation is 1. The summed E-state index contributed by atoms with van der Waals surface area (Å²) >= 11 is 29.9. The summed E-state index contributed by atoms with van der Waals surface area (Å²) in [7, 11) is 0. The summed E-state index contributed by atoms with van der Waals surface area (Å²) in [6, 6.07) is 12.0. The number of thiocarbonyl (C=S) groups is 1. The fourth-order valence-electron chi connectivity index (χ4n) is 3.65. The van der Waals surface area contributed by atoms with Crippen molar-refractivity contribution in [2.24, 2.45) is 0 Å². The van der Waals surface area contributed by atoms with Gasteiger partial charge in [0.05, 0.1) is 25.8 Å². The first-order valence-corrected chi connectivity index (χ1v) is 11.5. The largest absolute Gasteiger partial charge is 0.318 e. The maximum absolute atomic E-state index is 13.3. The molecule has 2 heterocycles. The van der Waals surface area contributed by atoms with Gasteiger partial charge >= 0.3 is 0 Å². The Bertz CT molecular complexity index is 1380. The summed E-state index contributed by atoms with van der Waals surface area (Å²) in [6.45, 7) is 3.79. The number of halogens is 4. The van der Waals surface area contributed by atoms with Crippen LogP contribution in [-0.2, 0) is 9.59 Å². The van der Waals surface area contributed by atoms with E-state index in [0.29, 0.717) is 15.6 Å². The van der Waals surface area contributed by atoms with Crippen molar-refractivity contribution in [3.63, 3.8) is 0 Å². The lowest BCUT2D eigenvalue weighted by molar-refractivity contribution is -0.122. The van der Waals surface area contributed by atoms with Crippen LogP contribution in [0.2, 0.25) is 20.1 Å². The molecule has 0 atom stereocenters. The van der Waals surface area contributed by atoms with Gasteiger partial charge in [-0.05, 0) is 74.1 Å². The van der Waals surface area contributed by atoms with E-state index in [2.05, 4.69) is 5.32 Å². The van der Waals surface area contributed by atoms with Gasteiger partial charge in [-0.15, -0.1) is 0 Å². The number of carbonyl (C=O) groups is 2. The number of nitrogens with one attached hydrogen (secondary N) is 1. The maximum atomic E-state index is 13.3. The van der Waals surface area contributed by atoms with E-state index in [4.69, 9.17) is 58.6 Å². The molecule has 33 heavy (non-hydrogen) atoms. The molecular weight excluding hydrogens is 524 g/mol. The Morgan fingerprint density at radius 3 is 2.36 bits per heavy atom. The Morgan fingerprint density at radius 1 is 0.939 bits per heavy atom. The van der Waals surface area contributed by atoms with E-state index in [1.807, 2.05) is 30.5 Å². The molecule has 1 aliphatic heterocycles. The van der Waals surface area contributed by atoms with E-state index < -0.39 is 11.8 Å². The summed E-state index contributed by atoms with van der Waals surface area (Å²) in [5.74, 6) is -1.20. The molecule has 5 nitrogen and oxygen atoms in total. The van der Waals surface area contributed by atoms with Crippen LogP contribution in [0.15, 0.2) is 48.0 Å². The molecule has 1 aromatic heterocycles. The average Bonchev–Trinajstić information content (AvgIpc) is 3.03. The highest BCUT2D eigenvalue weighted by Gasteiger charge is 2.36. The molecule has 0 bridgehead atoms. The molecule has 0 aliphatic carbocycles. The average molecular weight is 539 g/mol. The summed E-state index contributed by atoms with van der Waals surface area (Å²) < 4.78 is 1.95. The van der Waals surface area contributed by atoms with Gasteiger partial charge in [0.15, 0.2) is 5.11 Å². The van der Waals surface area contributed by atoms with Crippen molar-refractivity contribution in [2.75, 3.05) is 4.90 Å². The highest BCUT2D eigenvalue weighted by molar-refractivity contribution is 7.80. The lowest BCUT2D eigenvalue weighted by atomic mass is 10.1. The zero-order valence-electron chi connectivity index (χ0n) is 17.2. The van der Waals surface area contributed by atoms with Gasteiger partial charge in [0.2, 0.25) is 0 Å². The van der Waals surface area contributed by atoms with E-state index in [1.165, 1.54) is 6.08 Å². The van der Waals surface area contributed by atoms with Gasteiger partial charge in [0, 0.05) is 17.1 Å². The molecule has 1 saturated heterocycles. The predicted octanol–water partition coefficient (Wildman–Crippen LogP) is 6.54. The number of nitrogens with zero attached hydrogens (tertiary/aromatic N) is 2. The van der Waals surface area contributed by atoms with Crippen molar-refractivity contribution in [3.8, 4) is 5.69 Å². The van der Waals surface area contributed by atoms with Crippen molar-refractivity contribution in [1.82, 2.24) is 9.88 Å². The van der Waals surface area contributed by atoms with E-state index in [9.17, 15) is 9.59 Å². The number of hydrogen-bond acceptors (Lipinski definition) is 3. The number of carbonyl (C=O) groups excluding carboxylic acids is 2. The first-order chi connectivity index (χ1) is 15.6. The fraction of sp³-hybridized carbons (Fsp3) is 0.0870. The summed E-state index contributed by atoms with van der Waals surface area (Å²) in [4.78, 5) is 27.2. The molecule has 0 spiro atoms. The second kappa shape index (κ2) is 9.12. The molecule has 1 aliphatic rings. The molecule has 0 radical (unpaired) electrons. The fourth-order valence-corrected chi connectivity index (χ4v) is 4.60. The smallest absolute Gasteiger partial charge is 0.270 e. The molecule has 168 valence electrons. The maximum Gasteiger partial charge on any atom is 0.270 e. The molecular formula is C23H15Cl4N3O2S. The standard InChI is InChI=1S/C23H15Cl4N3O2S/c1-11-8-13(12(2)29(11)14-6-7-16(24)18(26)10-14)9-15-21(31)28-23(33)30(22(15)32)19-5-3-4-17(25)20(19)27/h3-10H,1-2H3,(H,28,31,33)/b15-9+. The highest BCUT2D eigenvalue weighted by Crippen LogP contribution is 2.35. The van der Waals surface area contributed by atoms with Crippen molar-refractivity contribution >= 4 is 87.3 Å². The van der Waals surface area contributed by atoms with Crippen LogP contribution in [0.25, 0.3) is 11.8 Å². The summed E-state index contributed by atoms with van der Waals surface area (Å²) in [5, 5.41) is 3.76. The van der Waals surface area contributed by atoms with Crippen LogP contribution in [0.3, 0.4) is 0 Å². The van der Waals surface area contributed by atoms with Crippen molar-refractivity contribution < 1.29 is 9.59 Å². The molecule has 2 amide bonds. The molecule has 0 saturated carbocycles. The zero-order valence-corrected chi connectivity index (χ0v) is 21.1. The Kier molecular flexibility index (Phi) is 6.58. The highest BCUT2D eigenvalue weighted by atomic mass is 35.5. The van der Waals surface area contributed by atoms with Crippen LogP contribution in [0.4, 0.5) is 5.69 Å². The van der Waals surface area contributed by atoms with Crippen LogP contribution in [0.5, 0.6) is 0 Å². The van der Waals surface area contributed by atoms with Gasteiger partial charge in [-0.25, -0.2) is 0 Å². The van der Waals surface area contributed by atoms with E-state index in [1.54, 1.807) is 30.3 Å². The molecule has 0 unspecified atom stereocenters. The predicted molar refractivity (Wildman–Crippen MR) is 138 cm³/mol. The Balaban J connectivity index is 1.79. The van der Waals surface area contributed by atoms with Crippen molar-refractivity contribution in [3.05, 3.63) is 85.1 Å². The number of amides is 2. The Labute approximate surface area is 215 Å². The van der Waals surface area contributed by atoms with Gasteiger partial charge in [-0.3, -0.25) is 19.8 Å². The first kappa shape index (κ1) is 23.8. The van der Waals surface area contributed by atoms with Crippen molar-refractivity contribution in [2.45, 2.75) is 13.8 Å². The number of benzene rings is 2. The minimum absolute atomic E-state index is 0.0763. The minimum atomic E-state index is -0.604. The topological polar surface area (TPSA) is 54.3 Å². The second-order valence-electron chi connectivity index (χ2n) is 7.29. The van der Waals surface area contributed by atoms with Gasteiger partial charge in [0.1, 0.15) is 5.57 Å². The number of rotatable bonds is 3. The molecule has 1 fully saturated rings. The van der Waals surface area contributed by atoms with Gasteiger partial charge < -0.3 is 4.57 Å². The first-order valence-electron chi connectivity index (χ1n) is 9.60. The third-order valence-electron chi connectivity index (χ3n) is 5.21. The molecule has 1 N–H and O–H groups in total. The van der Waals surface area contributed by atoms with E-state index >= 15 is 0 Å². The van der Waals surface area contributed by atoms with E-state index in [0.717, 1.165) is 22.0 Å². The van der Waals surface area contributed by atoms with Crippen LogP contribution >= 0.6 is 58.6 Å². The summed E-state index contributed by atoms with van der Waals surface area (Å²) in [6.07, 6.45) is 1.53. The Hall–Kier alpha value is -2.35. The van der Waals surface area contributed by atoms with E-state index in [-0.39, 0.29) is 26.4 Å². The van der Waals surface area contributed by atoms with Crippen LogP contribution in [0.1, 0.15) is 17.0 Å². The quantitative estimate of drug-likeness (QED) is 0.234. The van der Waals surface area contributed by atoms with Gasteiger partial charge in [-0.2, -0.15) is 0 Å². The Morgan fingerprint density at radius 2 is 1.67 bits per heavy atom. The molecule has 4 rings (SSSR count). The minimum Gasteiger partial charge on any atom is -0.318 e. The third kappa shape index (κ3) is 4.29. The van der Waals surface area contributed by atoms with Gasteiger partial charge in [0.25, 0.3) is 11.8 Å².